The number of cyclic esters (lactones) is 1. The van der Waals surface area contributed by atoms with Crippen LogP contribution in [0.3, 0.4) is 0 Å². The topological polar surface area (TPSA) is 246 Å². The summed E-state index contributed by atoms with van der Waals surface area (Å²) in [7, 11) is 2.47. The van der Waals surface area contributed by atoms with E-state index in [1.54, 1.807) is 52.8 Å². The van der Waals surface area contributed by atoms with Crippen LogP contribution in [0.2, 0.25) is 0 Å². The highest BCUT2D eigenvalue weighted by Gasteiger charge is 2.60. The largest absolute Gasteiger partial charge is 0.466 e. The maximum absolute atomic E-state index is 14.5. The van der Waals surface area contributed by atoms with E-state index in [0.29, 0.717) is 18.4 Å². The van der Waals surface area contributed by atoms with Crippen LogP contribution >= 0.6 is 0 Å². The summed E-state index contributed by atoms with van der Waals surface area (Å²) >= 11 is 0. The Morgan fingerprint density at radius 1 is 0.583 bits per heavy atom. The van der Waals surface area contributed by atoms with Crippen molar-refractivity contribution in [2.24, 2.45) is 58.2 Å². The van der Waals surface area contributed by atoms with Crippen LogP contribution in [0, 0.1) is 58.2 Å². The van der Waals surface area contributed by atoms with Crippen molar-refractivity contribution in [3.8, 4) is 0 Å². The highest BCUT2D eigenvalue weighted by Crippen LogP contribution is 2.57. The molecule has 103 heavy (non-hydrogen) atoms. The van der Waals surface area contributed by atoms with Crippen molar-refractivity contribution in [2.45, 2.75) is 366 Å². The highest BCUT2D eigenvalue weighted by molar-refractivity contribution is 5.85. The van der Waals surface area contributed by atoms with Crippen LogP contribution in [0.4, 0.5) is 0 Å². The Bertz CT molecular complexity index is 2870. The van der Waals surface area contributed by atoms with E-state index in [4.69, 9.17) is 42.6 Å². The van der Waals surface area contributed by atoms with Crippen LogP contribution in [-0.2, 0) is 71.4 Å². The number of hydrogen-bond acceptors (Lipinski definition) is 18. The van der Waals surface area contributed by atoms with Gasteiger partial charge in [-0.25, -0.2) is 14.4 Å². The maximum Gasteiger partial charge on any atom is 0.331 e. The molecule has 3 saturated heterocycles. The van der Waals surface area contributed by atoms with Crippen LogP contribution in [-0.4, -0.2) is 132 Å². The smallest absolute Gasteiger partial charge is 0.331 e. The second kappa shape index (κ2) is 40.5. The van der Waals surface area contributed by atoms with E-state index < -0.39 is 120 Å². The summed E-state index contributed by atoms with van der Waals surface area (Å²) in [5, 5.41) is 38.7. The molecule has 0 aromatic carbocycles. The van der Waals surface area contributed by atoms with Crippen LogP contribution in [0.1, 0.15) is 299 Å². The lowest BCUT2D eigenvalue weighted by molar-refractivity contribution is -0.348. The number of carbonyl (C=O) groups is 6. The monoisotopic (exact) mass is 1440 g/mol. The Morgan fingerprint density at radius 3 is 1.71 bits per heavy atom. The van der Waals surface area contributed by atoms with Crippen LogP contribution in [0.25, 0.3) is 0 Å². The molecule has 19 atom stereocenters. The molecule has 8 aliphatic rings. The molecule has 4 saturated carbocycles. The van der Waals surface area contributed by atoms with E-state index in [1.165, 1.54) is 148 Å². The summed E-state index contributed by atoms with van der Waals surface area (Å²) in [6.07, 6.45) is 34.6. The van der Waals surface area contributed by atoms with Gasteiger partial charge in [-0.15, -0.1) is 0 Å². The molecule has 4 aliphatic carbocycles. The standard InChI is InChI=1S/C85H134O18/c1-11-14-17-20-29-38-77(89)101-81-67(51-79(91)96-10)50-70-54-73(57(4)97-75(87)36-30-23-18-21-27-34-61-46-65(61)48-63-44-59(63)32-25-15-12-2)99-80(92)53-68(86)52-71-55-74(100-76(88)37-31-24-19-22-28-35-62-47-66(62)49-64-45-60(64)33-26-16-13-3)83(7,8)84(93,102-71)56-72-42-58(43-78(90)95-9)41-69(98-72)39-40-82(5,6)85(81,94)103-70/h17,20,29,38-40,43,51,57,59-66,68-74,81,86,93-94H,11-16,18-19,21-28,30-37,41-42,44-50,52-56H2,1-10H3/b20-17+,38-29+,40-39-,58-43+,67-51+/t57?,59?,60?,61?,62?,63?,64?,65?,66?,68-,69+,70+,71?,72+,73-,74+,81+,84+,85-/m1/s1. The van der Waals surface area contributed by atoms with E-state index in [9.17, 15) is 44.1 Å². The Kier molecular flexibility index (Phi) is 33.0. The first-order valence-electron chi connectivity index (χ1n) is 40.8. The summed E-state index contributed by atoms with van der Waals surface area (Å²) in [6, 6.07) is 0. The minimum absolute atomic E-state index is 0.0809. The Labute approximate surface area is 617 Å². The van der Waals surface area contributed by atoms with Gasteiger partial charge in [0.2, 0.25) is 5.79 Å². The molecule has 6 bridgehead atoms. The second-order valence-electron chi connectivity index (χ2n) is 33.7. The highest BCUT2D eigenvalue weighted by atomic mass is 16.7. The predicted octanol–water partition coefficient (Wildman–Crippen LogP) is 16.8. The van der Waals surface area contributed by atoms with E-state index in [1.807, 2.05) is 13.0 Å². The zero-order valence-electron chi connectivity index (χ0n) is 64.8. The van der Waals surface area contributed by atoms with Crippen LogP contribution < -0.4 is 0 Å². The van der Waals surface area contributed by atoms with Gasteiger partial charge in [0.05, 0.1) is 56.6 Å². The van der Waals surface area contributed by atoms with Crippen molar-refractivity contribution in [1.29, 1.82) is 0 Å². The average molecular weight is 1440 g/mol. The van der Waals surface area contributed by atoms with Gasteiger partial charge in [0.1, 0.15) is 18.3 Å². The molecule has 0 aromatic rings. The van der Waals surface area contributed by atoms with Gasteiger partial charge in [-0.3, -0.25) is 14.4 Å². The van der Waals surface area contributed by atoms with Gasteiger partial charge in [-0.1, -0.05) is 206 Å². The second-order valence-corrected chi connectivity index (χ2v) is 33.7. The molecule has 18 heteroatoms. The first-order chi connectivity index (χ1) is 49.3. The molecule has 0 spiro atoms. The lowest BCUT2D eigenvalue weighted by Crippen LogP contribution is -2.62. The average Bonchev–Trinajstić information content (AvgIpc) is 1.71. The number of aliphatic hydroxyl groups excluding tert-OH is 1. The van der Waals surface area contributed by atoms with Crippen molar-refractivity contribution in [3.05, 3.63) is 59.8 Å². The van der Waals surface area contributed by atoms with Gasteiger partial charge in [0, 0.05) is 62.2 Å². The number of hydrogen-bond donors (Lipinski definition) is 3. The van der Waals surface area contributed by atoms with Crippen molar-refractivity contribution in [2.75, 3.05) is 14.2 Å². The molecule has 0 aromatic heterocycles. The summed E-state index contributed by atoms with van der Waals surface area (Å²) < 4.78 is 55.4. The maximum atomic E-state index is 14.5. The third-order valence-corrected chi connectivity index (χ3v) is 24.4. The fourth-order valence-electron chi connectivity index (χ4n) is 17.2. The summed E-state index contributed by atoms with van der Waals surface area (Å²) in [4.78, 5) is 82.6. The Balaban J connectivity index is 0.981. The van der Waals surface area contributed by atoms with Gasteiger partial charge in [0.15, 0.2) is 11.9 Å². The zero-order chi connectivity index (χ0) is 74.3. The summed E-state index contributed by atoms with van der Waals surface area (Å²) in [6.45, 7) is 15.0. The van der Waals surface area contributed by atoms with E-state index in [2.05, 4.69) is 13.8 Å². The first kappa shape index (κ1) is 83.9. The molecular formula is C85H134O18. The van der Waals surface area contributed by atoms with E-state index >= 15 is 0 Å². The van der Waals surface area contributed by atoms with Crippen molar-refractivity contribution < 1.29 is 86.7 Å². The number of methoxy groups -OCH3 is 2. The van der Waals surface area contributed by atoms with E-state index in [-0.39, 0.29) is 63.4 Å². The zero-order valence-corrected chi connectivity index (χ0v) is 64.8. The molecule has 0 amide bonds. The number of allylic oxidation sites excluding steroid dienone is 3. The molecule has 0 radical (unpaired) electrons. The van der Waals surface area contributed by atoms with Gasteiger partial charge < -0.3 is 58.0 Å². The lowest BCUT2D eigenvalue weighted by atomic mass is 9.70. The Morgan fingerprint density at radius 2 is 1.14 bits per heavy atom. The van der Waals surface area contributed by atoms with Crippen molar-refractivity contribution >= 4 is 35.8 Å². The fraction of sp³-hybridized carbons (Fsp3) is 0.812. The summed E-state index contributed by atoms with van der Waals surface area (Å²) in [5.74, 6) is -1.23. The van der Waals surface area contributed by atoms with Gasteiger partial charge in [-0.2, -0.15) is 0 Å². The summed E-state index contributed by atoms with van der Waals surface area (Å²) in [5.41, 5.74) is -2.12. The number of rotatable bonds is 38. The quantitative estimate of drug-likeness (QED) is 0.0130. The van der Waals surface area contributed by atoms with Crippen LogP contribution in [0.5, 0.6) is 0 Å². The van der Waals surface area contributed by atoms with Gasteiger partial charge in [0.25, 0.3) is 0 Å². The SMILES string of the molecule is CCC/C=C/C=C/C(=O)O[C@H]1/C(=C/C(=O)OC)C[C@H]2C[C@H](C(C)OC(=O)CCCCCCCC3CC3CC3CC3CCCCC)OC(=O)C[C@H](O)CC3C[C@H](OC(=O)CCCCCCCC4CC4CC4CC4CCCCC)C(C)(C)[C@](O)(C[C@@H]4C/C(=C/C(=O)OC)C[C@H](/C=C\C(C)(C)[C@]1(O)O2)O4)O3. The Hall–Kier alpha value is -4.72. The van der Waals surface area contributed by atoms with Crippen molar-refractivity contribution in [3.63, 3.8) is 0 Å². The number of carbonyl (C=O) groups excluding carboxylic acids is 6. The molecule has 18 nitrogen and oxygen atoms in total. The third-order valence-electron chi connectivity index (χ3n) is 24.4. The molecule has 10 unspecified atom stereocenters. The number of fused-ring (bicyclic) bond motifs is 6. The molecule has 4 heterocycles. The minimum atomic E-state index is -2.52. The lowest BCUT2D eigenvalue weighted by Gasteiger charge is -2.54. The molecule has 4 aliphatic heterocycles. The minimum Gasteiger partial charge on any atom is -0.466 e. The molecule has 582 valence electrons. The number of esters is 6. The third kappa shape index (κ3) is 26.3. The van der Waals surface area contributed by atoms with Crippen molar-refractivity contribution in [1.82, 2.24) is 0 Å². The molecular weight excluding hydrogens is 1310 g/mol. The fourth-order valence-corrected chi connectivity index (χ4v) is 17.2. The number of aliphatic hydroxyl groups is 3. The predicted molar refractivity (Wildman–Crippen MR) is 395 cm³/mol. The number of ether oxygens (including phenoxy) is 9. The molecule has 7 fully saturated rings. The van der Waals surface area contributed by atoms with Crippen LogP contribution in [0.15, 0.2) is 59.8 Å². The number of unbranched alkanes of at least 4 members (excludes halogenated alkanes) is 13. The first-order valence-corrected chi connectivity index (χ1v) is 40.8. The van der Waals surface area contributed by atoms with Gasteiger partial charge >= 0.3 is 35.8 Å². The van der Waals surface area contributed by atoms with E-state index in [0.717, 1.165) is 105 Å². The molecule has 8 rings (SSSR count). The normalized spacial score (nSPS) is 34.6. The van der Waals surface area contributed by atoms with Gasteiger partial charge in [-0.05, 0) is 137 Å². The molecule has 3 N–H and O–H groups in total.